The number of nitrogens with zero attached hydrogens (tertiary/aromatic N) is 3. The topological polar surface area (TPSA) is 51.5 Å². The van der Waals surface area contributed by atoms with Gasteiger partial charge in [0, 0.05) is 19.4 Å². The SMILES string of the molecule is C#CC(C)Oc1nc(NC)cn2ccnc12. The van der Waals surface area contributed by atoms with Crippen molar-refractivity contribution in [3.8, 4) is 18.2 Å². The van der Waals surface area contributed by atoms with Crippen molar-refractivity contribution >= 4 is 11.5 Å². The Hall–Kier alpha value is -2.22. The number of nitrogens with one attached hydrogen (secondary N) is 1. The summed E-state index contributed by atoms with van der Waals surface area (Å²) in [7, 11) is 1.79. The molecule has 5 nitrogen and oxygen atoms in total. The van der Waals surface area contributed by atoms with E-state index in [1.54, 1.807) is 20.2 Å². The zero-order valence-electron chi connectivity index (χ0n) is 9.14. The average molecular weight is 216 g/mol. The summed E-state index contributed by atoms with van der Waals surface area (Å²) in [6.07, 6.45) is 10.3. The highest BCUT2D eigenvalue weighted by atomic mass is 16.5. The fourth-order valence-corrected chi connectivity index (χ4v) is 1.30. The maximum atomic E-state index is 5.51. The third kappa shape index (κ3) is 1.77. The molecular formula is C11H12N4O. The van der Waals surface area contributed by atoms with Crippen molar-refractivity contribution in [2.24, 2.45) is 0 Å². The van der Waals surface area contributed by atoms with E-state index in [1.807, 2.05) is 16.8 Å². The van der Waals surface area contributed by atoms with E-state index < -0.39 is 0 Å². The first-order valence-electron chi connectivity index (χ1n) is 4.89. The van der Waals surface area contributed by atoms with Gasteiger partial charge in [0.2, 0.25) is 5.65 Å². The zero-order valence-corrected chi connectivity index (χ0v) is 9.14. The Morgan fingerprint density at radius 2 is 2.44 bits per heavy atom. The lowest BCUT2D eigenvalue weighted by atomic mass is 10.4. The fourth-order valence-electron chi connectivity index (χ4n) is 1.30. The Morgan fingerprint density at radius 1 is 1.62 bits per heavy atom. The summed E-state index contributed by atoms with van der Waals surface area (Å²) in [5, 5.41) is 2.95. The molecule has 0 saturated carbocycles. The van der Waals surface area contributed by atoms with Gasteiger partial charge in [0.15, 0.2) is 6.10 Å². The molecule has 0 aliphatic rings. The minimum Gasteiger partial charge on any atom is -0.459 e. The van der Waals surface area contributed by atoms with E-state index in [9.17, 15) is 0 Å². The monoisotopic (exact) mass is 216 g/mol. The van der Waals surface area contributed by atoms with E-state index in [1.165, 1.54) is 0 Å². The largest absolute Gasteiger partial charge is 0.459 e. The Balaban J connectivity index is 2.49. The van der Waals surface area contributed by atoms with Gasteiger partial charge in [0.1, 0.15) is 5.82 Å². The van der Waals surface area contributed by atoms with Crippen LogP contribution in [0.3, 0.4) is 0 Å². The lowest BCUT2D eigenvalue weighted by molar-refractivity contribution is 0.270. The summed E-state index contributed by atoms with van der Waals surface area (Å²) >= 11 is 0. The highest BCUT2D eigenvalue weighted by Crippen LogP contribution is 2.19. The predicted octanol–water partition coefficient (Wildman–Crippen LogP) is 1.17. The summed E-state index contributed by atoms with van der Waals surface area (Å²) < 4.78 is 7.34. The van der Waals surface area contributed by atoms with Crippen LogP contribution in [0.15, 0.2) is 18.6 Å². The Labute approximate surface area is 93.5 Å². The van der Waals surface area contributed by atoms with E-state index in [0.717, 1.165) is 0 Å². The van der Waals surface area contributed by atoms with Crippen LogP contribution in [0, 0.1) is 12.3 Å². The molecule has 1 atom stereocenters. The number of ether oxygens (including phenoxy) is 1. The standard InChI is InChI=1S/C11H12N4O/c1-4-8(2)16-11-10-13-5-6-15(10)7-9(12-3)14-11/h1,5-8,12H,2-3H3. The summed E-state index contributed by atoms with van der Waals surface area (Å²) in [5.41, 5.74) is 0.654. The summed E-state index contributed by atoms with van der Waals surface area (Å²) in [4.78, 5) is 8.43. The highest BCUT2D eigenvalue weighted by molar-refractivity contribution is 5.53. The molecule has 0 aliphatic heterocycles. The number of aromatic nitrogens is 3. The molecule has 2 heterocycles. The Kier molecular flexibility index (Phi) is 2.64. The average Bonchev–Trinajstić information content (AvgIpc) is 2.76. The number of imidazole rings is 1. The van der Waals surface area contributed by atoms with Gasteiger partial charge >= 0.3 is 0 Å². The third-order valence-corrected chi connectivity index (χ3v) is 2.12. The first kappa shape index (κ1) is 10.3. The molecule has 0 spiro atoms. The molecule has 2 rings (SSSR count). The summed E-state index contributed by atoms with van der Waals surface area (Å²) in [5.74, 6) is 3.62. The van der Waals surface area contributed by atoms with Crippen LogP contribution in [-0.4, -0.2) is 27.5 Å². The minimum absolute atomic E-state index is 0.333. The Morgan fingerprint density at radius 3 is 3.12 bits per heavy atom. The molecule has 82 valence electrons. The predicted molar refractivity (Wildman–Crippen MR) is 61.5 cm³/mol. The fraction of sp³-hybridized carbons (Fsp3) is 0.273. The molecule has 0 bridgehead atoms. The van der Waals surface area contributed by atoms with Crippen LogP contribution in [0.25, 0.3) is 5.65 Å². The Bertz CT molecular complexity index is 540. The molecule has 1 unspecified atom stereocenters. The first-order valence-corrected chi connectivity index (χ1v) is 4.89. The van der Waals surface area contributed by atoms with Gasteiger partial charge in [-0.2, -0.15) is 4.98 Å². The second-order valence-corrected chi connectivity index (χ2v) is 3.27. The summed E-state index contributed by atoms with van der Waals surface area (Å²) in [6, 6.07) is 0. The van der Waals surface area contributed by atoms with Crippen molar-refractivity contribution in [3.05, 3.63) is 18.6 Å². The van der Waals surface area contributed by atoms with Gasteiger partial charge < -0.3 is 10.1 Å². The molecular weight excluding hydrogens is 204 g/mol. The van der Waals surface area contributed by atoms with Gasteiger partial charge in [-0.15, -0.1) is 6.42 Å². The molecule has 0 saturated heterocycles. The lowest BCUT2D eigenvalue weighted by Crippen LogP contribution is -2.11. The smallest absolute Gasteiger partial charge is 0.261 e. The number of anilines is 1. The quantitative estimate of drug-likeness (QED) is 0.782. The third-order valence-electron chi connectivity index (χ3n) is 2.12. The molecule has 1 N–H and O–H groups in total. The lowest BCUT2D eigenvalue weighted by Gasteiger charge is -2.10. The van der Waals surface area contributed by atoms with Gasteiger partial charge in [0.05, 0.1) is 6.20 Å². The molecule has 16 heavy (non-hydrogen) atoms. The van der Waals surface area contributed by atoms with Crippen LogP contribution in [0.1, 0.15) is 6.92 Å². The van der Waals surface area contributed by atoms with E-state index >= 15 is 0 Å². The molecule has 2 aromatic rings. The van der Waals surface area contributed by atoms with Crippen molar-refractivity contribution in [1.29, 1.82) is 0 Å². The summed E-state index contributed by atoms with van der Waals surface area (Å²) in [6.45, 7) is 1.78. The van der Waals surface area contributed by atoms with Gasteiger partial charge in [-0.3, -0.25) is 4.40 Å². The van der Waals surface area contributed by atoms with Gasteiger partial charge in [-0.25, -0.2) is 4.98 Å². The van der Waals surface area contributed by atoms with Crippen LogP contribution in [-0.2, 0) is 0 Å². The normalized spacial score (nSPS) is 12.1. The number of hydrogen-bond donors (Lipinski definition) is 1. The van der Waals surface area contributed by atoms with Crippen LogP contribution >= 0.6 is 0 Å². The van der Waals surface area contributed by atoms with Gasteiger partial charge in [-0.1, -0.05) is 5.92 Å². The molecule has 0 aromatic carbocycles. The molecule has 5 heteroatoms. The van der Waals surface area contributed by atoms with E-state index in [-0.39, 0.29) is 6.10 Å². The van der Waals surface area contributed by atoms with Gasteiger partial charge in [0.25, 0.3) is 5.88 Å². The highest BCUT2D eigenvalue weighted by Gasteiger charge is 2.10. The van der Waals surface area contributed by atoms with Crippen molar-refractivity contribution in [2.45, 2.75) is 13.0 Å². The van der Waals surface area contributed by atoms with Gasteiger partial charge in [-0.05, 0) is 6.92 Å². The van der Waals surface area contributed by atoms with Crippen LogP contribution in [0.4, 0.5) is 5.82 Å². The van der Waals surface area contributed by atoms with E-state index in [4.69, 9.17) is 11.2 Å². The number of hydrogen-bond acceptors (Lipinski definition) is 4. The maximum Gasteiger partial charge on any atom is 0.261 e. The second kappa shape index (κ2) is 4.11. The molecule has 0 amide bonds. The van der Waals surface area contributed by atoms with Crippen molar-refractivity contribution in [3.63, 3.8) is 0 Å². The van der Waals surface area contributed by atoms with Crippen molar-refractivity contribution in [2.75, 3.05) is 12.4 Å². The van der Waals surface area contributed by atoms with E-state index in [0.29, 0.717) is 17.3 Å². The minimum atomic E-state index is -0.333. The molecule has 0 aliphatic carbocycles. The van der Waals surface area contributed by atoms with Crippen LogP contribution in [0.2, 0.25) is 0 Å². The molecule has 2 aromatic heterocycles. The number of terminal acetylenes is 1. The second-order valence-electron chi connectivity index (χ2n) is 3.27. The number of rotatable bonds is 3. The molecule has 0 radical (unpaired) electrons. The zero-order chi connectivity index (χ0) is 11.5. The maximum absolute atomic E-state index is 5.51. The van der Waals surface area contributed by atoms with E-state index in [2.05, 4.69) is 21.2 Å². The first-order chi connectivity index (χ1) is 7.74. The van der Waals surface area contributed by atoms with Crippen LogP contribution < -0.4 is 10.1 Å². The molecule has 0 fully saturated rings. The van der Waals surface area contributed by atoms with Crippen molar-refractivity contribution < 1.29 is 4.74 Å². The van der Waals surface area contributed by atoms with Crippen molar-refractivity contribution in [1.82, 2.24) is 14.4 Å². The number of fused-ring (bicyclic) bond motifs is 1. The van der Waals surface area contributed by atoms with Crippen LogP contribution in [0.5, 0.6) is 5.88 Å².